The van der Waals surface area contributed by atoms with Crippen molar-refractivity contribution in [3.05, 3.63) is 95.6 Å². The van der Waals surface area contributed by atoms with Crippen molar-refractivity contribution >= 4 is 23.4 Å². The number of hydrogen-bond acceptors (Lipinski definition) is 5. The van der Waals surface area contributed by atoms with Crippen LogP contribution in [0.5, 0.6) is 0 Å². The zero-order valence-electron chi connectivity index (χ0n) is 17.8. The Bertz CT molecular complexity index is 1250. The zero-order chi connectivity index (χ0) is 22.1. The fourth-order valence-corrected chi connectivity index (χ4v) is 4.87. The molecule has 32 heavy (non-hydrogen) atoms. The van der Waals surface area contributed by atoms with Crippen LogP contribution in [-0.2, 0) is 4.79 Å². The maximum atomic E-state index is 13.4. The topological polar surface area (TPSA) is 71.8 Å². The quantitative estimate of drug-likeness (QED) is 0.468. The molecule has 160 valence electrons. The monoisotopic (exact) mass is 441 g/mol. The lowest BCUT2D eigenvalue weighted by Gasteiger charge is -2.33. The van der Waals surface area contributed by atoms with E-state index < -0.39 is 5.25 Å². The molecule has 2 N–H and O–H groups in total. The summed E-state index contributed by atoms with van der Waals surface area (Å²) in [6.45, 7) is 4.06. The lowest BCUT2D eigenvalue weighted by atomic mass is 10.0. The van der Waals surface area contributed by atoms with Crippen LogP contribution < -0.4 is 10.7 Å². The van der Waals surface area contributed by atoms with Gasteiger partial charge < -0.3 is 10.7 Å². The van der Waals surface area contributed by atoms with Crippen molar-refractivity contribution in [2.75, 3.05) is 10.7 Å². The number of aryl methyl sites for hydroxylation is 2. The van der Waals surface area contributed by atoms with Crippen LogP contribution in [0.4, 0.5) is 5.69 Å². The summed E-state index contributed by atoms with van der Waals surface area (Å²) < 4.78 is 1.89. The molecular formula is C25H23N5OS. The first-order valence-corrected chi connectivity index (χ1v) is 11.3. The van der Waals surface area contributed by atoms with Crippen molar-refractivity contribution in [3.63, 3.8) is 0 Å². The number of thioether (sulfide) groups is 1. The molecule has 2 heterocycles. The van der Waals surface area contributed by atoms with E-state index in [1.807, 2.05) is 66.2 Å². The predicted octanol–water partition coefficient (Wildman–Crippen LogP) is 4.96. The molecule has 4 aromatic rings. The van der Waals surface area contributed by atoms with Gasteiger partial charge in [0.2, 0.25) is 11.1 Å². The van der Waals surface area contributed by atoms with Gasteiger partial charge in [-0.15, -0.1) is 10.2 Å². The number of amides is 1. The van der Waals surface area contributed by atoms with E-state index in [4.69, 9.17) is 0 Å². The highest BCUT2D eigenvalue weighted by molar-refractivity contribution is 8.00. The van der Waals surface area contributed by atoms with E-state index in [1.165, 1.54) is 17.3 Å². The van der Waals surface area contributed by atoms with Gasteiger partial charge in [-0.2, -0.15) is 0 Å². The van der Waals surface area contributed by atoms with Crippen LogP contribution in [0.1, 0.15) is 22.7 Å². The summed E-state index contributed by atoms with van der Waals surface area (Å²) in [7, 11) is 0. The van der Waals surface area contributed by atoms with Crippen molar-refractivity contribution < 1.29 is 4.79 Å². The van der Waals surface area contributed by atoms with Gasteiger partial charge in [-0.3, -0.25) is 4.79 Å². The maximum Gasteiger partial charge on any atom is 0.240 e. The van der Waals surface area contributed by atoms with Gasteiger partial charge in [0.25, 0.3) is 0 Å². The number of rotatable bonds is 4. The summed E-state index contributed by atoms with van der Waals surface area (Å²) in [5.74, 6) is 0.650. The molecule has 1 aliphatic heterocycles. The first-order chi connectivity index (χ1) is 15.6. The molecule has 1 amide bonds. The normalized spacial score (nSPS) is 17.3. The fraction of sp³-hybridized carbons (Fsp3) is 0.160. The molecule has 6 nitrogen and oxygen atoms in total. The first-order valence-electron chi connectivity index (χ1n) is 10.5. The molecule has 0 saturated heterocycles. The van der Waals surface area contributed by atoms with Crippen LogP contribution in [0.25, 0.3) is 11.4 Å². The lowest BCUT2D eigenvalue weighted by Crippen LogP contribution is -2.41. The largest absolute Gasteiger partial charge is 0.325 e. The standard InChI is InChI=1S/C25H23N5OS/c1-16-11-13-18(14-12-16)21-22(24(31)26-20-10-6-7-17(2)15-20)32-25-28-27-23(30(25)29-21)19-8-4-3-5-9-19/h3-15,21-22,29H,1-2H3,(H,26,31)/t21-,22-/m1/s1. The SMILES string of the molecule is Cc1ccc([C@H]2Nn3c(nnc3-c3ccccc3)S[C@H]2C(=O)Nc2cccc(C)c2)cc1. The third-order valence-electron chi connectivity index (χ3n) is 5.45. The first kappa shape index (κ1) is 20.3. The van der Waals surface area contributed by atoms with E-state index in [0.717, 1.165) is 28.2 Å². The van der Waals surface area contributed by atoms with E-state index >= 15 is 0 Å². The predicted molar refractivity (Wildman–Crippen MR) is 128 cm³/mol. The second kappa shape index (κ2) is 8.51. The Morgan fingerprint density at radius 3 is 2.47 bits per heavy atom. The molecule has 1 aliphatic rings. The van der Waals surface area contributed by atoms with E-state index in [0.29, 0.717) is 5.16 Å². The molecule has 0 spiro atoms. The number of carbonyl (C=O) groups excluding carboxylic acids is 1. The molecule has 0 fully saturated rings. The average molecular weight is 442 g/mol. The molecule has 2 atom stereocenters. The third kappa shape index (κ3) is 3.99. The molecule has 0 aliphatic carbocycles. The van der Waals surface area contributed by atoms with Crippen molar-refractivity contribution in [1.82, 2.24) is 14.9 Å². The molecular weight excluding hydrogens is 418 g/mol. The van der Waals surface area contributed by atoms with Crippen molar-refractivity contribution in [2.24, 2.45) is 0 Å². The fourth-order valence-electron chi connectivity index (χ4n) is 3.79. The van der Waals surface area contributed by atoms with Gasteiger partial charge in [0.05, 0.1) is 6.04 Å². The number of hydrogen-bond donors (Lipinski definition) is 2. The van der Waals surface area contributed by atoms with E-state index in [-0.39, 0.29) is 11.9 Å². The van der Waals surface area contributed by atoms with Gasteiger partial charge >= 0.3 is 0 Å². The van der Waals surface area contributed by atoms with Gasteiger partial charge in [-0.25, -0.2) is 4.68 Å². The molecule has 3 aromatic carbocycles. The maximum absolute atomic E-state index is 13.4. The number of aromatic nitrogens is 3. The molecule has 7 heteroatoms. The third-order valence-corrected chi connectivity index (χ3v) is 6.66. The summed E-state index contributed by atoms with van der Waals surface area (Å²) in [5, 5.41) is 12.1. The summed E-state index contributed by atoms with van der Waals surface area (Å²) in [5.41, 5.74) is 8.57. The highest BCUT2D eigenvalue weighted by atomic mass is 32.2. The Morgan fingerprint density at radius 1 is 0.938 bits per heavy atom. The van der Waals surface area contributed by atoms with Gasteiger partial charge in [-0.05, 0) is 37.1 Å². The van der Waals surface area contributed by atoms with Crippen molar-refractivity contribution in [2.45, 2.75) is 30.3 Å². The van der Waals surface area contributed by atoms with E-state index in [9.17, 15) is 4.79 Å². The summed E-state index contributed by atoms with van der Waals surface area (Å²) in [6, 6.07) is 25.8. The Hall–Kier alpha value is -3.58. The van der Waals surface area contributed by atoms with Crippen LogP contribution >= 0.6 is 11.8 Å². The van der Waals surface area contributed by atoms with Gasteiger partial charge in [0.15, 0.2) is 5.82 Å². The van der Waals surface area contributed by atoms with Crippen LogP contribution in [0, 0.1) is 13.8 Å². The zero-order valence-corrected chi connectivity index (χ0v) is 18.6. The second-order valence-corrected chi connectivity index (χ2v) is 9.03. The summed E-state index contributed by atoms with van der Waals surface area (Å²) >= 11 is 1.43. The number of carbonyl (C=O) groups is 1. The van der Waals surface area contributed by atoms with Gasteiger partial charge in [0, 0.05) is 11.3 Å². The Labute approximate surface area is 191 Å². The molecule has 0 saturated carbocycles. The van der Waals surface area contributed by atoms with Gasteiger partial charge in [-0.1, -0.05) is 84.1 Å². The summed E-state index contributed by atoms with van der Waals surface area (Å²) in [4.78, 5) is 13.4. The minimum atomic E-state index is -0.418. The van der Waals surface area contributed by atoms with Crippen LogP contribution in [-0.4, -0.2) is 26.0 Å². The second-order valence-electron chi connectivity index (χ2n) is 7.92. The highest BCUT2D eigenvalue weighted by Crippen LogP contribution is 2.39. The molecule has 5 rings (SSSR count). The Balaban J connectivity index is 1.51. The van der Waals surface area contributed by atoms with Crippen LogP contribution in [0.3, 0.4) is 0 Å². The molecule has 0 radical (unpaired) electrons. The number of nitrogens with one attached hydrogen (secondary N) is 2. The lowest BCUT2D eigenvalue weighted by molar-refractivity contribution is -0.116. The smallest absolute Gasteiger partial charge is 0.240 e. The highest BCUT2D eigenvalue weighted by Gasteiger charge is 2.38. The minimum absolute atomic E-state index is 0.0748. The van der Waals surface area contributed by atoms with Crippen LogP contribution in [0.2, 0.25) is 0 Å². The van der Waals surface area contributed by atoms with Crippen LogP contribution in [0.15, 0.2) is 84.0 Å². The number of nitrogens with zero attached hydrogens (tertiary/aromatic N) is 3. The van der Waals surface area contributed by atoms with Crippen molar-refractivity contribution in [1.29, 1.82) is 0 Å². The van der Waals surface area contributed by atoms with E-state index in [1.54, 1.807) is 0 Å². The molecule has 0 bridgehead atoms. The average Bonchev–Trinajstić information content (AvgIpc) is 3.22. The van der Waals surface area contributed by atoms with Gasteiger partial charge in [0.1, 0.15) is 5.25 Å². The number of anilines is 1. The Kier molecular flexibility index (Phi) is 5.41. The number of fused-ring (bicyclic) bond motifs is 1. The summed E-state index contributed by atoms with van der Waals surface area (Å²) in [6.07, 6.45) is 0. The molecule has 0 unspecified atom stereocenters. The Morgan fingerprint density at radius 2 is 1.72 bits per heavy atom. The molecule has 1 aromatic heterocycles. The van der Waals surface area contributed by atoms with E-state index in [2.05, 4.69) is 52.1 Å². The minimum Gasteiger partial charge on any atom is -0.325 e. The number of benzene rings is 3. The van der Waals surface area contributed by atoms with Crippen molar-refractivity contribution in [3.8, 4) is 11.4 Å².